The van der Waals surface area contributed by atoms with E-state index in [1.807, 2.05) is 12.2 Å². The third-order valence-corrected chi connectivity index (χ3v) is 7.22. The zero-order chi connectivity index (χ0) is 13.4. The molecule has 2 amide bonds. The molecular weight excluding hydrogens is 266 g/mol. The molecule has 4 rings (SSSR count). The van der Waals surface area contributed by atoms with Crippen molar-refractivity contribution in [2.75, 3.05) is 5.75 Å². The monoisotopic (exact) mass is 281 g/mol. The van der Waals surface area contributed by atoms with Crippen LogP contribution in [-0.4, -0.2) is 36.3 Å². The number of carbonyl (C=O) groups is 2. The lowest BCUT2D eigenvalue weighted by atomic mass is 9.85. The second kappa shape index (κ2) is 3.48. The molecule has 1 saturated carbocycles. The molecular formula is C13H15NO4S. The summed E-state index contributed by atoms with van der Waals surface area (Å²) >= 11 is 0. The highest BCUT2D eigenvalue weighted by molar-refractivity contribution is 7.92. The maximum Gasteiger partial charge on any atom is 0.234 e. The van der Waals surface area contributed by atoms with Gasteiger partial charge in [-0.15, -0.1) is 0 Å². The SMILES string of the molecule is O=C1[C@@H]2[C@H](C(=O)N1[C@@H]1CCCS1(=O)=O)[C@@H]1C=C[C@H]2C1. The Hall–Kier alpha value is -1.17. The van der Waals surface area contributed by atoms with Crippen LogP contribution in [0, 0.1) is 23.7 Å². The maximum absolute atomic E-state index is 12.5. The van der Waals surface area contributed by atoms with E-state index in [0.29, 0.717) is 12.8 Å². The Bertz CT molecular complexity index is 578. The van der Waals surface area contributed by atoms with Gasteiger partial charge in [0.05, 0.1) is 17.6 Å². The van der Waals surface area contributed by atoms with Crippen molar-refractivity contribution in [3.05, 3.63) is 12.2 Å². The number of carbonyl (C=O) groups excluding carboxylic acids is 2. The Morgan fingerprint density at radius 2 is 1.63 bits per heavy atom. The highest BCUT2D eigenvalue weighted by atomic mass is 32.2. The summed E-state index contributed by atoms with van der Waals surface area (Å²) in [6.45, 7) is 0. The van der Waals surface area contributed by atoms with E-state index in [0.717, 1.165) is 11.3 Å². The molecule has 6 heteroatoms. The van der Waals surface area contributed by atoms with Gasteiger partial charge in [0.1, 0.15) is 5.37 Å². The van der Waals surface area contributed by atoms with Gasteiger partial charge >= 0.3 is 0 Å². The van der Waals surface area contributed by atoms with Crippen molar-refractivity contribution < 1.29 is 18.0 Å². The fourth-order valence-electron chi connectivity index (χ4n) is 4.27. The van der Waals surface area contributed by atoms with Crippen LogP contribution >= 0.6 is 0 Å². The molecule has 2 aliphatic carbocycles. The van der Waals surface area contributed by atoms with Crippen molar-refractivity contribution in [2.45, 2.75) is 24.6 Å². The third kappa shape index (κ3) is 1.33. The van der Waals surface area contributed by atoms with Gasteiger partial charge in [0.15, 0.2) is 9.84 Å². The smallest absolute Gasteiger partial charge is 0.234 e. The van der Waals surface area contributed by atoms with Crippen molar-refractivity contribution >= 4 is 21.7 Å². The Labute approximate surface area is 111 Å². The normalized spacial score (nSPS) is 46.3. The summed E-state index contributed by atoms with van der Waals surface area (Å²) in [5.74, 6) is -0.711. The van der Waals surface area contributed by atoms with Crippen LogP contribution in [-0.2, 0) is 19.4 Å². The number of sulfone groups is 1. The molecule has 2 bridgehead atoms. The Morgan fingerprint density at radius 1 is 1.05 bits per heavy atom. The van der Waals surface area contributed by atoms with E-state index >= 15 is 0 Å². The van der Waals surface area contributed by atoms with Crippen LogP contribution in [0.15, 0.2) is 12.2 Å². The van der Waals surface area contributed by atoms with E-state index in [9.17, 15) is 18.0 Å². The Morgan fingerprint density at radius 3 is 2.11 bits per heavy atom. The van der Waals surface area contributed by atoms with Gasteiger partial charge in [-0.2, -0.15) is 0 Å². The topological polar surface area (TPSA) is 71.5 Å². The molecule has 0 aromatic rings. The van der Waals surface area contributed by atoms with Crippen molar-refractivity contribution in [3.63, 3.8) is 0 Å². The molecule has 19 heavy (non-hydrogen) atoms. The lowest BCUT2D eigenvalue weighted by Crippen LogP contribution is -2.44. The summed E-state index contributed by atoms with van der Waals surface area (Å²) in [5, 5.41) is -0.891. The molecule has 102 valence electrons. The van der Waals surface area contributed by atoms with Crippen LogP contribution in [0.1, 0.15) is 19.3 Å². The number of hydrogen-bond donors (Lipinski definition) is 0. The van der Waals surface area contributed by atoms with Gasteiger partial charge in [-0.1, -0.05) is 12.2 Å². The Balaban J connectivity index is 1.73. The lowest BCUT2D eigenvalue weighted by molar-refractivity contribution is -0.141. The van der Waals surface area contributed by atoms with E-state index in [1.165, 1.54) is 0 Å². The van der Waals surface area contributed by atoms with Crippen LogP contribution in [0.25, 0.3) is 0 Å². The van der Waals surface area contributed by atoms with Crippen molar-refractivity contribution in [3.8, 4) is 0 Å². The van der Waals surface area contributed by atoms with Gasteiger partial charge < -0.3 is 0 Å². The molecule has 2 saturated heterocycles. The lowest BCUT2D eigenvalue weighted by Gasteiger charge is -2.23. The van der Waals surface area contributed by atoms with Crippen LogP contribution in [0.3, 0.4) is 0 Å². The number of likely N-dealkylation sites (tertiary alicyclic amines) is 1. The van der Waals surface area contributed by atoms with Gasteiger partial charge in [-0.3, -0.25) is 14.5 Å². The zero-order valence-electron chi connectivity index (χ0n) is 10.4. The summed E-state index contributed by atoms with van der Waals surface area (Å²) < 4.78 is 24.0. The molecule has 0 spiro atoms. The van der Waals surface area contributed by atoms with Gasteiger partial charge in [-0.25, -0.2) is 8.42 Å². The number of hydrogen-bond acceptors (Lipinski definition) is 4. The van der Waals surface area contributed by atoms with Crippen LogP contribution < -0.4 is 0 Å². The van der Waals surface area contributed by atoms with E-state index in [4.69, 9.17) is 0 Å². The van der Waals surface area contributed by atoms with Crippen molar-refractivity contribution in [2.24, 2.45) is 23.7 Å². The number of nitrogens with zero attached hydrogens (tertiary/aromatic N) is 1. The van der Waals surface area contributed by atoms with E-state index in [1.54, 1.807) is 0 Å². The second-order valence-corrected chi connectivity index (χ2v) is 8.29. The first-order chi connectivity index (χ1) is 9.00. The quantitative estimate of drug-likeness (QED) is 0.513. The molecule has 4 aliphatic rings. The summed E-state index contributed by atoms with van der Waals surface area (Å²) in [6, 6.07) is 0. The zero-order valence-corrected chi connectivity index (χ0v) is 11.2. The first-order valence-corrected chi connectivity index (χ1v) is 8.49. The molecule has 0 aromatic heterocycles. The van der Waals surface area contributed by atoms with Crippen LogP contribution in [0.4, 0.5) is 0 Å². The number of fused-ring (bicyclic) bond motifs is 5. The number of imide groups is 1. The first kappa shape index (κ1) is 11.6. The average Bonchev–Trinajstić information content (AvgIpc) is 3.06. The minimum Gasteiger partial charge on any atom is -0.274 e. The fraction of sp³-hybridized carbons (Fsp3) is 0.692. The first-order valence-electron chi connectivity index (χ1n) is 6.77. The molecule has 5 nitrogen and oxygen atoms in total. The van der Waals surface area contributed by atoms with Crippen molar-refractivity contribution in [1.29, 1.82) is 0 Å². The molecule has 2 heterocycles. The summed E-state index contributed by atoms with van der Waals surface area (Å²) in [5.41, 5.74) is 0. The number of rotatable bonds is 1. The summed E-state index contributed by atoms with van der Waals surface area (Å²) in [7, 11) is -3.32. The minimum absolute atomic E-state index is 0.0924. The van der Waals surface area contributed by atoms with Gasteiger partial charge in [0, 0.05) is 0 Å². The summed E-state index contributed by atoms with van der Waals surface area (Å²) in [6.07, 6.45) is 5.86. The van der Waals surface area contributed by atoms with E-state index < -0.39 is 15.2 Å². The van der Waals surface area contributed by atoms with E-state index in [-0.39, 0.29) is 41.2 Å². The standard InChI is InChI=1S/C13H15NO4S/c15-12-10-7-3-4-8(6-7)11(10)13(16)14(12)9-2-1-5-19(9,17)18/h3-4,7-11H,1-2,5-6H2/t7-,8+,9-,10-,11+/m0/s1. The molecule has 0 N–H and O–H groups in total. The van der Waals surface area contributed by atoms with Gasteiger partial charge in [0.25, 0.3) is 0 Å². The molecule has 5 atom stereocenters. The molecule has 2 aliphatic heterocycles. The molecule has 0 radical (unpaired) electrons. The van der Waals surface area contributed by atoms with Gasteiger partial charge in [0.2, 0.25) is 11.8 Å². The van der Waals surface area contributed by atoms with Gasteiger partial charge in [-0.05, 0) is 31.1 Å². The Kier molecular flexibility index (Phi) is 2.13. The largest absolute Gasteiger partial charge is 0.274 e. The number of amides is 2. The second-order valence-electron chi connectivity index (χ2n) is 6.01. The van der Waals surface area contributed by atoms with Crippen LogP contribution in [0.2, 0.25) is 0 Å². The highest BCUT2D eigenvalue weighted by Crippen LogP contribution is 2.53. The fourth-order valence-corrected chi connectivity index (χ4v) is 6.17. The maximum atomic E-state index is 12.5. The third-order valence-electron chi connectivity index (χ3n) is 5.09. The molecule has 3 fully saturated rings. The van der Waals surface area contributed by atoms with Crippen LogP contribution in [0.5, 0.6) is 0 Å². The average molecular weight is 281 g/mol. The number of allylic oxidation sites excluding steroid dienone is 2. The molecule has 0 aromatic carbocycles. The summed E-state index contributed by atoms with van der Waals surface area (Å²) in [4.78, 5) is 26.0. The predicted molar refractivity (Wildman–Crippen MR) is 66.4 cm³/mol. The molecule has 0 unspecified atom stereocenters. The minimum atomic E-state index is -3.32. The van der Waals surface area contributed by atoms with E-state index in [2.05, 4.69) is 0 Å². The highest BCUT2D eigenvalue weighted by Gasteiger charge is 2.61. The predicted octanol–water partition coefficient (Wildman–Crippen LogP) is 0.328. The van der Waals surface area contributed by atoms with Crippen molar-refractivity contribution in [1.82, 2.24) is 4.90 Å².